The zero-order chi connectivity index (χ0) is 8.65. The normalized spacial score (nSPS) is 9.00. The second kappa shape index (κ2) is 5.51. The Balaban J connectivity index is 2.20. The van der Waals surface area contributed by atoms with Crippen LogP contribution in [0.2, 0.25) is 0 Å². The highest BCUT2D eigenvalue weighted by Gasteiger charge is 1.86. The molecule has 0 atom stereocenters. The molecule has 0 spiro atoms. The second-order valence-corrected chi connectivity index (χ2v) is 2.31. The van der Waals surface area contributed by atoms with E-state index >= 15 is 0 Å². The average Bonchev–Trinajstić information content (AvgIpc) is 2.14. The summed E-state index contributed by atoms with van der Waals surface area (Å²) >= 11 is 4.54. The molecule has 0 aliphatic heterocycles. The summed E-state index contributed by atoms with van der Waals surface area (Å²) in [5.41, 5.74) is 5.08. The van der Waals surface area contributed by atoms with Crippen LogP contribution in [0.1, 0.15) is 0 Å². The third-order valence-corrected chi connectivity index (χ3v) is 1.37. The van der Waals surface area contributed by atoms with Gasteiger partial charge in [0.2, 0.25) is 0 Å². The van der Waals surface area contributed by atoms with E-state index in [-0.39, 0.29) is 0 Å². The Morgan fingerprint density at radius 2 is 2.08 bits per heavy atom. The van der Waals surface area contributed by atoms with Crippen LogP contribution in [0.3, 0.4) is 0 Å². The van der Waals surface area contributed by atoms with E-state index in [1.807, 2.05) is 30.3 Å². The second-order valence-electron chi connectivity index (χ2n) is 2.08. The largest absolute Gasteiger partial charge is 0.358 e. The molecule has 0 aliphatic rings. The number of anilines is 1. The summed E-state index contributed by atoms with van der Waals surface area (Å²) in [6, 6.07) is 9.63. The van der Waals surface area contributed by atoms with E-state index < -0.39 is 0 Å². The fourth-order valence-corrected chi connectivity index (χ4v) is 0.769. The first-order chi connectivity index (χ1) is 5.93. The Labute approximate surface area is 76.7 Å². The van der Waals surface area contributed by atoms with Crippen LogP contribution in [0.5, 0.6) is 0 Å². The predicted molar refractivity (Wildman–Crippen MR) is 52.8 cm³/mol. The first-order valence-electron chi connectivity index (χ1n) is 3.53. The SMILES string of the molecule is S=CNCONc1ccccc1. The number of nitrogens with one attached hydrogen (secondary N) is 2. The summed E-state index contributed by atoms with van der Waals surface area (Å²) < 4.78 is 0. The van der Waals surface area contributed by atoms with E-state index in [1.165, 1.54) is 5.49 Å². The van der Waals surface area contributed by atoms with Crippen LogP contribution in [0.25, 0.3) is 0 Å². The predicted octanol–water partition coefficient (Wildman–Crippen LogP) is 1.53. The molecule has 0 amide bonds. The van der Waals surface area contributed by atoms with Gasteiger partial charge in [-0.1, -0.05) is 30.4 Å². The third-order valence-electron chi connectivity index (χ3n) is 1.20. The minimum absolute atomic E-state index is 0.360. The van der Waals surface area contributed by atoms with E-state index in [0.29, 0.717) is 6.73 Å². The van der Waals surface area contributed by atoms with Gasteiger partial charge in [-0.2, -0.15) is 0 Å². The maximum Gasteiger partial charge on any atom is 0.144 e. The molecule has 3 nitrogen and oxygen atoms in total. The number of para-hydroxylation sites is 1. The molecule has 0 saturated carbocycles. The summed E-state index contributed by atoms with van der Waals surface area (Å²) in [5.74, 6) is 0. The van der Waals surface area contributed by atoms with Crippen molar-refractivity contribution in [1.82, 2.24) is 5.32 Å². The highest BCUT2D eigenvalue weighted by molar-refractivity contribution is 7.78. The van der Waals surface area contributed by atoms with Crippen molar-refractivity contribution in [1.29, 1.82) is 0 Å². The average molecular weight is 182 g/mol. The maximum absolute atomic E-state index is 5.00. The molecule has 0 heterocycles. The number of rotatable bonds is 5. The molecule has 0 bridgehead atoms. The first-order valence-corrected chi connectivity index (χ1v) is 4.00. The zero-order valence-electron chi connectivity index (χ0n) is 6.49. The summed E-state index contributed by atoms with van der Waals surface area (Å²) in [7, 11) is 0. The molecule has 12 heavy (non-hydrogen) atoms. The van der Waals surface area contributed by atoms with E-state index in [0.717, 1.165) is 5.69 Å². The van der Waals surface area contributed by atoms with Gasteiger partial charge in [0.05, 0.1) is 11.2 Å². The lowest BCUT2D eigenvalue weighted by Crippen LogP contribution is -2.17. The van der Waals surface area contributed by atoms with Crippen molar-refractivity contribution in [2.75, 3.05) is 12.2 Å². The van der Waals surface area contributed by atoms with Crippen molar-refractivity contribution >= 4 is 23.4 Å². The third kappa shape index (κ3) is 3.32. The molecule has 0 radical (unpaired) electrons. The quantitative estimate of drug-likeness (QED) is 0.313. The van der Waals surface area contributed by atoms with Crippen molar-refractivity contribution < 1.29 is 4.84 Å². The Hall–Kier alpha value is -1.13. The Morgan fingerprint density at radius 3 is 2.75 bits per heavy atom. The van der Waals surface area contributed by atoms with Crippen molar-refractivity contribution in [3.8, 4) is 0 Å². The van der Waals surface area contributed by atoms with Crippen molar-refractivity contribution in [3.63, 3.8) is 0 Å². The lowest BCUT2D eigenvalue weighted by Gasteiger charge is -2.05. The van der Waals surface area contributed by atoms with E-state index in [1.54, 1.807) is 0 Å². The minimum Gasteiger partial charge on any atom is -0.358 e. The van der Waals surface area contributed by atoms with Crippen LogP contribution < -0.4 is 10.8 Å². The molecule has 1 aromatic carbocycles. The Bertz CT molecular complexity index is 228. The molecule has 1 rings (SSSR count). The van der Waals surface area contributed by atoms with Gasteiger partial charge in [0.15, 0.2) is 0 Å². The number of hydrogen-bond acceptors (Lipinski definition) is 3. The molecule has 1 aromatic rings. The van der Waals surface area contributed by atoms with Gasteiger partial charge in [-0.25, -0.2) is 0 Å². The Kier molecular flexibility index (Phi) is 4.12. The molecule has 0 fully saturated rings. The topological polar surface area (TPSA) is 33.3 Å². The highest BCUT2D eigenvalue weighted by Crippen LogP contribution is 2.03. The molecule has 64 valence electrons. The van der Waals surface area contributed by atoms with Crippen molar-refractivity contribution in [3.05, 3.63) is 30.3 Å². The van der Waals surface area contributed by atoms with Gasteiger partial charge in [-0.3, -0.25) is 10.3 Å². The van der Waals surface area contributed by atoms with Crippen LogP contribution >= 0.6 is 12.2 Å². The maximum atomic E-state index is 5.00. The summed E-state index contributed by atoms with van der Waals surface area (Å²) in [6.07, 6.45) is 0. The van der Waals surface area contributed by atoms with Gasteiger partial charge in [0.25, 0.3) is 0 Å². The molecule has 0 saturated heterocycles. The molecular weight excluding hydrogens is 172 g/mol. The van der Waals surface area contributed by atoms with Crippen LogP contribution in [0, 0.1) is 0 Å². The zero-order valence-corrected chi connectivity index (χ0v) is 7.30. The van der Waals surface area contributed by atoms with Gasteiger partial charge in [0, 0.05) is 0 Å². The molecule has 0 aliphatic carbocycles. The highest BCUT2D eigenvalue weighted by atomic mass is 32.1. The lowest BCUT2D eigenvalue weighted by atomic mass is 10.3. The van der Waals surface area contributed by atoms with Crippen LogP contribution in [0.4, 0.5) is 5.69 Å². The van der Waals surface area contributed by atoms with Gasteiger partial charge in [-0.15, -0.1) is 0 Å². The number of benzene rings is 1. The Morgan fingerprint density at radius 1 is 1.33 bits per heavy atom. The van der Waals surface area contributed by atoms with Crippen LogP contribution in [-0.2, 0) is 4.84 Å². The van der Waals surface area contributed by atoms with Crippen LogP contribution in [-0.4, -0.2) is 12.2 Å². The smallest absolute Gasteiger partial charge is 0.144 e. The fourth-order valence-electron chi connectivity index (χ4n) is 0.701. The number of hydrogen-bond donors (Lipinski definition) is 2. The molecule has 4 heteroatoms. The molecule has 0 aromatic heterocycles. The van der Waals surface area contributed by atoms with E-state index in [2.05, 4.69) is 23.0 Å². The summed E-state index contributed by atoms with van der Waals surface area (Å²) in [6.45, 7) is 0.360. The van der Waals surface area contributed by atoms with Crippen molar-refractivity contribution in [2.24, 2.45) is 0 Å². The van der Waals surface area contributed by atoms with Gasteiger partial charge in [-0.05, 0) is 12.1 Å². The van der Waals surface area contributed by atoms with Crippen molar-refractivity contribution in [2.45, 2.75) is 0 Å². The van der Waals surface area contributed by atoms with E-state index in [4.69, 9.17) is 4.84 Å². The summed E-state index contributed by atoms with van der Waals surface area (Å²) in [5, 5.41) is 2.72. The van der Waals surface area contributed by atoms with Gasteiger partial charge in [0.1, 0.15) is 6.73 Å². The molecular formula is C8H10N2OS. The molecule has 2 N–H and O–H groups in total. The first kappa shape index (κ1) is 8.96. The van der Waals surface area contributed by atoms with E-state index in [9.17, 15) is 0 Å². The number of thiocarbonyl (C=S) groups is 1. The monoisotopic (exact) mass is 182 g/mol. The lowest BCUT2D eigenvalue weighted by molar-refractivity contribution is 0.189. The molecule has 0 unspecified atom stereocenters. The fraction of sp³-hybridized carbons (Fsp3) is 0.125. The minimum atomic E-state index is 0.360. The van der Waals surface area contributed by atoms with Gasteiger partial charge < -0.3 is 5.32 Å². The summed E-state index contributed by atoms with van der Waals surface area (Å²) in [4.78, 5) is 5.00. The van der Waals surface area contributed by atoms with Crippen LogP contribution in [0.15, 0.2) is 30.3 Å². The van der Waals surface area contributed by atoms with Gasteiger partial charge >= 0.3 is 0 Å². The standard InChI is InChI=1S/C8H10N2OS/c12-7-9-6-11-10-8-4-2-1-3-5-8/h1-5,7,10H,6H2,(H,9,12).